The monoisotopic (exact) mass is 335 g/mol. The number of thioether (sulfide) groups is 2. The molecule has 1 aromatic rings. The highest BCUT2D eigenvalue weighted by Crippen LogP contribution is 2.24. The SMILES string of the molecule is Cc1cc(Br)oc1C(=O)NC[C@@H]1CSCCS1. The summed E-state index contributed by atoms with van der Waals surface area (Å²) >= 11 is 7.11. The standard InChI is InChI=1S/C11H14BrNO2S2/c1-7-4-9(12)15-10(7)11(14)13-5-8-6-16-2-3-17-8/h4,8H,2-3,5-6H2,1H3,(H,13,14)/t8-/m1/s1. The van der Waals surface area contributed by atoms with E-state index in [2.05, 4.69) is 21.2 Å². The van der Waals surface area contributed by atoms with Crippen LogP contribution in [-0.2, 0) is 0 Å². The van der Waals surface area contributed by atoms with Crippen molar-refractivity contribution in [1.82, 2.24) is 5.32 Å². The molecule has 0 unspecified atom stereocenters. The molecule has 1 saturated heterocycles. The van der Waals surface area contributed by atoms with Gasteiger partial charge in [0.05, 0.1) is 0 Å². The van der Waals surface area contributed by atoms with Gasteiger partial charge in [-0.2, -0.15) is 23.5 Å². The Bertz CT molecular complexity index is 402. The topological polar surface area (TPSA) is 42.2 Å². The largest absolute Gasteiger partial charge is 0.444 e. The lowest BCUT2D eigenvalue weighted by Crippen LogP contribution is -2.33. The zero-order valence-electron chi connectivity index (χ0n) is 9.49. The minimum Gasteiger partial charge on any atom is -0.444 e. The molecule has 0 saturated carbocycles. The molecule has 2 heterocycles. The van der Waals surface area contributed by atoms with E-state index in [1.807, 2.05) is 30.4 Å². The van der Waals surface area contributed by atoms with Gasteiger partial charge in [0.1, 0.15) is 0 Å². The number of amides is 1. The van der Waals surface area contributed by atoms with Crippen molar-refractivity contribution in [2.24, 2.45) is 0 Å². The maximum absolute atomic E-state index is 11.9. The average molecular weight is 336 g/mol. The van der Waals surface area contributed by atoms with Crippen molar-refractivity contribution < 1.29 is 9.21 Å². The Morgan fingerprint density at radius 1 is 1.65 bits per heavy atom. The van der Waals surface area contributed by atoms with Gasteiger partial charge in [-0.1, -0.05) is 0 Å². The predicted molar refractivity (Wildman–Crippen MR) is 77.0 cm³/mol. The van der Waals surface area contributed by atoms with Crippen LogP contribution in [-0.4, -0.2) is 35.0 Å². The lowest BCUT2D eigenvalue weighted by Gasteiger charge is -2.20. The summed E-state index contributed by atoms with van der Waals surface area (Å²) < 4.78 is 5.91. The van der Waals surface area contributed by atoms with Crippen LogP contribution >= 0.6 is 39.5 Å². The highest BCUT2D eigenvalue weighted by Gasteiger charge is 2.18. The van der Waals surface area contributed by atoms with E-state index >= 15 is 0 Å². The van der Waals surface area contributed by atoms with E-state index in [0.717, 1.165) is 11.3 Å². The first kappa shape index (κ1) is 13.4. The Morgan fingerprint density at radius 2 is 2.47 bits per heavy atom. The Kier molecular flexibility index (Phi) is 4.87. The molecule has 94 valence electrons. The molecule has 1 fully saturated rings. The van der Waals surface area contributed by atoms with E-state index in [1.54, 1.807) is 6.07 Å². The third kappa shape index (κ3) is 3.69. The Hall–Kier alpha value is -0.0700. The van der Waals surface area contributed by atoms with Crippen molar-refractivity contribution in [2.45, 2.75) is 12.2 Å². The van der Waals surface area contributed by atoms with Crippen molar-refractivity contribution in [3.63, 3.8) is 0 Å². The lowest BCUT2D eigenvalue weighted by atomic mass is 10.2. The molecule has 0 radical (unpaired) electrons. The zero-order valence-corrected chi connectivity index (χ0v) is 12.7. The average Bonchev–Trinajstić information content (AvgIpc) is 2.67. The molecule has 1 atom stereocenters. The second kappa shape index (κ2) is 6.20. The number of carbonyl (C=O) groups is 1. The number of furan rings is 1. The first-order chi connectivity index (χ1) is 8.16. The van der Waals surface area contributed by atoms with Gasteiger partial charge < -0.3 is 9.73 Å². The number of nitrogens with one attached hydrogen (secondary N) is 1. The van der Waals surface area contributed by atoms with Crippen LogP contribution in [0, 0.1) is 6.92 Å². The highest BCUT2D eigenvalue weighted by atomic mass is 79.9. The molecule has 17 heavy (non-hydrogen) atoms. The van der Waals surface area contributed by atoms with Crippen LogP contribution in [0.25, 0.3) is 0 Å². The molecule has 0 bridgehead atoms. The van der Waals surface area contributed by atoms with Crippen LogP contribution in [0.3, 0.4) is 0 Å². The molecule has 1 N–H and O–H groups in total. The lowest BCUT2D eigenvalue weighted by molar-refractivity contribution is 0.0924. The molecule has 0 aromatic carbocycles. The number of aryl methyl sites for hydroxylation is 1. The van der Waals surface area contributed by atoms with Crippen molar-refractivity contribution in [3.05, 3.63) is 22.1 Å². The van der Waals surface area contributed by atoms with Gasteiger partial charge >= 0.3 is 0 Å². The van der Waals surface area contributed by atoms with Crippen LogP contribution in [0.15, 0.2) is 15.2 Å². The molecule has 1 amide bonds. The van der Waals surface area contributed by atoms with Crippen LogP contribution in [0.5, 0.6) is 0 Å². The summed E-state index contributed by atoms with van der Waals surface area (Å²) in [4.78, 5) is 11.9. The van der Waals surface area contributed by atoms with Gasteiger partial charge in [-0.15, -0.1) is 0 Å². The number of rotatable bonds is 3. The molecule has 1 aromatic heterocycles. The van der Waals surface area contributed by atoms with Crippen molar-refractivity contribution >= 4 is 45.4 Å². The van der Waals surface area contributed by atoms with Crippen LogP contribution in [0.2, 0.25) is 0 Å². The third-order valence-corrected chi connectivity index (χ3v) is 5.70. The van der Waals surface area contributed by atoms with E-state index in [-0.39, 0.29) is 5.91 Å². The van der Waals surface area contributed by atoms with Crippen LogP contribution < -0.4 is 5.32 Å². The first-order valence-corrected chi connectivity index (χ1v) is 8.40. The van der Waals surface area contributed by atoms with Crippen LogP contribution in [0.4, 0.5) is 0 Å². The summed E-state index contributed by atoms with van der Waals surface area (Å²) in [5.41, 5.74) is 0.861. The summed E-state index contributed by atoms with van der Waals surface area (Å²) in [7, 11) is 0. The fourth-order valence-corrected chi connectivity index (χ4v) is 4.73. The summed E-state index contributed by atoms with van der Waals surface area (Å²) in [6.07, 6.45) is 0. The molecule has 6 heteroatoms. The Labute approximate surface area is 118 Å². The van der Waals surface area contributed by atoms with Crippen molar-refractivity contribution in [2.75, 3.05) is 23.8 Å². The molecule has 3 nitrogen and oxygen atoms in total. The fraction of sp³-hybridized carbons (Fsp3) is 0.545. The van der Waals surface area contributed by atoms with Gasteiger partial charge in [-0.05, 0) is 28.9 Å². The molecule has 0 aliphatic carbocycles. The van der Waals surface area contributed by atoms with E-state index in [1.165, 1.54) is 11.5 Å². The van der Waals surface area contributed by atoms with E-state index < -0.39 is 0 Å². The highest BCUT2D eigenvalue weighted by molar-refractivity contribution is 9.10. The Balaban J connectivity index is 1.86. The zero-order chi connectivity index (χ0) is 12.3. The van der Waals surface area contributed by atoms with Gasteiger partial charge in [0.25, 0.3) is 5.91 Å². The van der Waals surface area contributed by atoms with Gasteiger partial charge in [0.2, 0.25) is 0 Å². The smallest absolute Gasteiger partial charge is 0.287 e. The van der Waals surface area contributed by atoms with E-state index in [4.69, 9.17) is 4.42 Å². The second-order valence-electron chi connectivity index (χ2n) is 3.84. The minimum atomic E-state index is -0.121. The molecule has 1 aliphatic rings. The number of hydrogen-bond acceptors (Lipinski definition) is 4. The summed E-state index contributed by atoms with van der Waals surface area (Å²) in [5.74, 6) is 3.80. The third-order valence-electron chi connectivity index (χ3n) is 2.47. The number of carbonyl (C=O) groups excluding carboxylic acids is 1. The van der Waals surface area contributed by atoms with E-state index in [9.17, 15) is 4.79 Å². The summed E-state index contributed by atoms with van der Waals surface area (Å²) in [6.45, 7) is 2.59. The van der Waals surface area contributed by atoms with Crippen molar-refractivity contribution in [1.29, 1.82) is 0 Å². The normalized spacial score (nSPS) is 20.2. The van der Waals surface area contributed by atoms with Gasteiger partial charge in [-0.3, -0.25) is 4.79 Å². The summed E-state index contributed by atoms with van der Waals surface area (Å²) in [5, 5.41) is 3.46. The quantitative estimate of drug-likeness (QED) is 0.922. The molecule has 2 rings (SSSR count). The maximum Gasteiger partial charge on any atom is 0.287 e. The second-order valence-corrected chi connectivity index (χ2v) is 7.18. The van der Waals surface area contributed by atoms with Gasteiger partial charge in [-0.25, -0.2) is 0 Å². The fourth-order valence-electron chi connectivity index (χ4n) is 1.61. The maximum atomic E-state index is 11.9. The van der Waals surface area contributed by atoms with Crippen molar-refractivity contribution in [3.8, 4) is 0 Å². The number of hydrogen-bond donors (Lipinski definition) is 1. The molecular weight excluding hydrogens is 322 g/mol. The summed E-state index contributed by atoms with van der Waals surface area (Å²) in [6, 6.07) is 1.81. The van der Waals surface area contributed by atoms with Gasteiger partial charge in [0.15, 0.2) is 10.4 Å². The minimum absolute atomic E-state index is 0.121. The van der Waals surface area contributed by atoms with E-state index in [0.29, 0.717) is 22.2 Å². The predicted octanol–water partition coefficient (Wildman–Crippen LogP) is 2.93. The number of halogens is 1. The Morgan fingerprint density at radius 3 is 3.06 bits per heavy atom. The van der Waals surface area contributed by atoms with Crippen LogP contribution in [0.1, 0.15) is 16.1 Å². The molecule has 0 spiro atoms. The first-order valence-electron chi connectivity index (χ1n) is 5.40. The molecular formula is C11H14BrNO2S2. The molecule has 1 aliphatic heterocycles. The van der Waals surface area contributed by atoms with Gasteiger partial charge in [0, 0.05) is 34.6 Å².